The van der Waals surface area contributed by atoms with Gasteiger partial charge in [-0.05, 0) is 33.0 Å². The second-order valence-corrected chi connectivity index (χ2v) is 10.3. The summed E-state index contributed by atoms with van der Waals surface area (Å²) in [7, 11) is -1.54. The Bertz CT molecular complexity index is 920. The quantitative estimate of drug-likeness (QED) is 0.530. The molecule has 0 saturated carbocycles. The van der Waals surface area contributed by atoms with Crippen molar-refractivity contribution in [3.05, 3.63) is 53.7 Å². The molecule has 1 aliphatic heterocycles. The summed E-state index contributed by atoms with van der Waals surface area (Å²) in [6.45, 7) is 6.23. The van der Waals surface area contributed by atoms with E-state index in [9.17, 15) is 13.2 Å². The number of piperazine rings is 1. The van der Waals surface area contributed by atoms with Crippen LogP contribution in [0.5, 0.6) is 0 Å². The molecule has 0 spiro atoms. The molecular formula is C20H25N3O3S2. The number of hydrogen-bond acceptors (Lipinski definition) is 6. The average molecular weight is 420 g/mol. The fourth-order valence-electron chi connectivity index (χ4n) is 2.95. The minimum atomic E-state index is -3.53. The van der Waals surface area contributed by atoms with Crippen LogP contribution < -0.4 is 0 Å². The van der Waals surface area contributed by atoms with Gasteiger partial charge in [0.1, 0.15) is 4.90 Å². The van der Waals surface area contributed by atoms with Crippen molar-refractivity contribution in [2.45, 2.75) is 29.0 Å². The number of likely N-dealkylation sites (N-methyl/N-ethyl adjacent to an activating group) is 1. The van der Waals surface area contributed by atoms with Crippen molar-refractivity contribution in [1.82, 2.24) is 14.2 Å². The number of nitrogens with zero attached hydrogens (tertiary/aromatic N) is 3. The van der Waals surface area contributed by atoms with Gasteiger partial charge in [-0.1, -0.05) is 41.6 Å². The molecule has 1 aromatic heterocycles. The first kappa shape index (κ1) is 21.0. The summed E-state index contributed by atoms with van der Waals surface area (Å²) in [5, 5.41) is 0.320. The molecule has 0 N–H and O–H groups in total. The zero-order valence-electron chi connectivity index (χ0n) is 16.3. The van der Waals surface area contributed by atoms with Crippen molar-refractivity contribution in [2.24, 2.45) is 0 Å². The Labute approximate surface area is 171 Å². The molecule has 150 valence electrons. The van der Waals surface area contributed by atoms with Gasteiger partial charge < -0.3 is 4.90 Å². The molecule has 6 nitrogen and oxygen atoms in total. The number of carbonyl (C=O) groups is 1. The maximum atomic E-state index is 12.8. The van der Waals surface area contributed by atoms with E-state index in [-0.39, 0.29) is 15.9 Å². The van der Waals surface area contributed by atoms with E-state index >= 15 is 0 Å². The van der Waals surface area contributed by atoms with E-state index in [2.05, 4.69) is 9.88 Å². The maximum absolute atomic E-state index is 12.8. The van der Waals surface area contributed by atoms with E-state index < -0.39 is 10.0 Å². The van der Waals surface area contributed by atoms with E-state index in [0.717, 1.165) is 18.7 Å². The predicted octanol–water partition coefficient (Wildman–Crippen LogP) is 2.69. The lowest BCUT2D eigenvalue weighted by Crippen LogP contribution is -2.47. The van der Waals surface area contributed by atoms with Gasteiger partial charge >= 0.3 is 0 Å². The lowest BCUT2D eigenvalue weighted by atomic mass is 10.1. The van der Waals surface area contributed by atoms with Crippen molar-refractivity contribution in [2.75, 3.05) is 33.2 Å². The zero-order valence-corrected chi connectivity index (χ0v) is 18.0. The second kappa shape index (κ2) is 8.73. The van der Waals surface area contributed by atoms with Gasteiger partial charge in [0.25, 0.3) is 0 Å². The van der Waals surface area contributed by atoms with Crippen LogP contribution in [0.15, 0.2) is 52.5 Å². The Balaban J connectivity index is 1.67. The van der Waals surface area contributed by atoms with E-state index in [1.807, 2.05) is 45.2 Å². The molecule has 0 radical (unpaired) electrons. The Morgan fingerprint density at radius 1 is 1.07 bits per heavy atom. The first-order valence-corrected chi connectivity index (χ1v) is 11.5. The smallest absolute Gasteiger partial charge is 0.244 e. The molecule has 8 heteroatoms. The number of thioether (sulfide) groups is 1. The molecule has 0 amide bonds. The SMILES string of the molecule is Cc1ccc(C(=O)[C@H](C)Sc2ccc(S(=O)(=O)N3CCN(C)CC3)cn2)cc1. The minimum absolute atomic E-state index is 0.0286. The van der Waals surface area contributed by atoms with Crippen LogP contribution in [0.25, 0.3) is 0 Å². The van der Waals surface area contributed by atoms with Crippen molar-refractivity contribution in [3.63, 3.8) is 0 Å². The van der Waals surface area contributed by atoms with Gasteiger partial charge in [0.15, 0.2) is 5.78 Å². The van der Waals surface area contributed by atoms with Gasteiger partial charge in [0, 0.05) is 37.9 Å². The van der Waals surface area contributed by atoms with E-state index in [0.29, 0.717) is 23.7 Å². The van der Waals surface area contributed by atoms with Gasteiger partial charge in [0.2, 0.25) is 10.0 Å². The first-order valence-electron chi connectivity index (χ1n) is 9.19. The summed E-state index contributed by atoms with van der Waals surface area (Å²) in [5.74, 6) is 0.0286. The first-order chi connectivity index (χ1) is 13.3. The number of aryl methyl sites for hydroxylation is 1. The normalized spacial score (nSPS) is 17.4. The fourth-order valence-corrected chi connectivity index (χ4v) is 5.19. The summed E-state index contributed by atoms with van der Waals surface area (Å²) >= 11 is 1.33. The number of benzene rings is 1. The number of ketones is 1. The fraction of sp³-hybridized carbons (Fsp3) is 0.400. The highest BCUT2D eigenvalue weighted by Gasteiger charge is 2.27. The van der Waals surface area contributed by atoms with Crippen molar-refractivity contribution >= 4 is 27.6 Å². The Kier molecular flexibility index (Phi) is 6.54. The number of pyridine rings is 1. The highest BCUT2D eigenvalue weighted by molar-refractivity contribution is 8.00. The molecule has 2 aromatic rings. The Morgan fingerprint density at radius 2 is 1.71 bits per heavy atom. The van der Waals surface area contributed by atoms with Crippen molar-refractivity contribution < 1.29 is 13.2 Å². The molecular weight excluding hydrogens is 394 g/mol. The van der Waals surface area contributed by atoms with Gasteiger partial charge in [-0.15, -0.1) is 0 Å². The molecule has 0 unspecified atom stereocenters. The predicted molar refractivity (Wildman–Crippen MR) is 111 cm³/mol. The summed E-state index contributed by atoms with van der Waals surface area (Å²) in [6.07, 6.45) is 1.39. The monoisotopic (exact) mass is 419 g/mol. The molecule has 0 aliphatic carbocycles. The number of Topliss-reactive ketones (excluding diaryl/α,β-unsaturated/α-hetero) is 1. The van der Waals surface area contributed by atoms with Crippen LogP contribution in [0.3, 0.4) is 0 Å². The lowest BCUT2D eigenvalue weighted by molar-refractivity contribution is 0.0994. The van der Waals surface area contributed by atoms with Gasteiger partial charge in [-0.2, -0.15) is 4.31 Å². The standard InChI is InChI=1S/C20H25N3O3S2/c1-15-4-6-17(7-5-15)20(24)16(2)27-19-9-8-18(14-21-19)28(25,26)23-12-10-22(3)11-13-23/h4-9,14,16H,10-13H2,1-3H3/t16-/m0/s1. The van der Waals surface area contributed by atoms with Gasteiger partial charge in [-0.25, -0.2) is 13.4 Å². The number of carbonyl (C=O) groups excluding carboxylic acids is 1. The summed E-state index contributed by atoms with van der Waals surface area (Å²) in [5.41, 5.74) is 1.77. The summed E-state index contributed by atoms with van der Waals surface area (Å²) < 4.78 is 27.0. The van der Waals surface area contributed by atoms with Crippen LogP contribution in [0.1, 0.15) is 22.8 Å². The highest BCUT2D eigenvalue weighted by Crippen LogP contribution is 2.26. The van der Waals surface area contributed by atoms with Gasteiger partial charge in [-0.3, -0.25) is 4.79 Å². The van der Waals surface area contributed by atoms with E-state index in [1.54, 1.807) is 12.1 Å². The number of sulfonamides is 1. The highest BCUT2D eigenvalue weighted by atomic mass is 32.2. The summed E-state index contributed by atoms with van der Waals surface area (Å²) in [6, 6.07) is 10.7. The maximum Gasteiger partial charge on any atom is 0.244 e. The van der Waals surface area contributed by atoms with E-state index in [1.165, 1.54) is 22.3 Å². The molecule has 28 heavy (non-hydrogen) atoms. The molecule has 1 fully saturated rings. The molecule has 2 heterocycles. The van der Waals surface area contributed by atoms with Crippen LogP contribution in [0.2, 0.25) is 0 Å². The second-order valence-electron chi connectivity index (χ2n) is 7.03. The number of aromatic nitrogens is 1. The Hall–Kier alpha value is -1.74. The van der Waals surface area contributed by atoms with Crippen LogP contribution in [-0.2, 0) is 10.0 Å². The molecule has 3 rings (SSSR count). The van der Waals surface area contributed by atoms with Gasteiger partial charge in [0.05, 0.1) is 10.3 Å². The van der Waals surface area contributed by atoms with E-state index in [4.69, 9.17) is 0 Å². The minimum Gasteiger partial charge on any atom is -0.304 e. The zero-order chi connectivity index (χ0) is 20.3. The number of hydrogen-bond donors (Lipinski definition) is 0. The third-order valence-corrected chi connectivity index (χ3v) is 7.74. The molecule has 1 saturated heterocycles. The lowest BCUT2D eigenvalue weighted by Gasteiger charge is -2.31. The number of rotatable bonds is 6. The molecule has 1 atom stereocenters. The third kappa shape index (κ3) is 4.81. The topological polar surface area (TPSA) is 70.6 Å². The average Bonchev–Trinajstić information content (AvgIpc) is 2.69. The van der Waals surface area contributed by atoms with Crippen molar-refractivity contribution in [1.29, 1.82) is 0 Å². The largest absolute Gasteiger partial charge is 0.304 e. The Morgan fingerprint density at radius 3 is 2.29 bits per heavy atom. The third-order valence-electron chi connectivity index (χ3n) is 4.81. The van der Waals surface area contributed by atoms with Crippen LogP contribution in [0, 0.1) is 6.92 Å². The van der Waals surface area contributed by atoms with Crippen LogP contribution in [0.4, 0.5) is 0 Å². The molecule has 0 bridgehead atoms. The molecule has 1 aromatic carbocycles. The molecule has 1 aliphatic rings. The van der Waals surface area contributed by atoms with Crippen LogP contribution in [-0.4, -0.2) is 66.9 Å². The van der Waals surface area contributed by atoms with Crippen LogP contribution >= 0.6 is 11.8 Å². The summed E-state index contributed by atoms with van der Waals surface area (Å²) in [4.78, 5) is 19.1. The van der Waals surface area contributed by atoms with Crippen molar-refractivity contribution in [3.8, 4) is 0 Å².